The van der Waals surface area contributed by atoms with Crippen LogP contribution in [0.2, 0.25) is 0 Å². The van der Waals surface area contributed by atoms with E-state index in [0.717, 1.165) is 177 Å². The number of rotatable bonds is 9. The summed E-state index contributed by atoms with van der Waals surface area (Å²) in [7, 11) is 0. The van der Waals surface area contributed by atoms with Crippen LogP contribution in [0.1, 0.15) is 11.1 Å². The summed E-state index contributed by atoms with van der Waals surface area (Å²) in [5, 5.41) is 8.84. The standard InChI is InChI=1S/C83H55N7/c1-52-47-53(2)49-58(48-52)75-80(87-67-37-17-15-31-63(67)65-50-84-45-43-69(65)87)82(89-71-39-19-33-59(54-23-7-3-8-24-54)76(71)77-60(34-20-40-72(77)89)55-25-9-4-10-26-55)86-83(81(75)88-68-38-18-16-32-64(68)66-51-85-46-44-70(66)88)90-73-41-21-35-61(56-27-11-5-12-28-56)78(73)79-62(36-22-42-74(79)90)57-29-13-6-14-30-57/h3-51H,1-2H3. The lowest BCUT2D eigenvalue weighted by Crippen LogP contribution is -2.16. The van der Waals surface area contributed by atoms with E-state index in [1.54, 1.807) is 0 Å². The molecule has 0 spiro atoms. The van der Waals surface area contributed by atoms with E-state index in [1.165, 1.54) is 0 Å². The van der Waals surface area contributed by atoms with Gasteiger partial charge in [0.05, 0.1) is 44.1 Å². The van der Waals surface area contributed by atoms with Crippen LogP contribution in [0.5, 0.6) is 0 Å². The fourth-order valence-electron chi connectivity index (χ4n) is 14.9. The lowest BCUT2D eigenvalue weighted by Gasteiger charge is -2.27. The van der Waals surface area contributed by atoms with Crippen molar-refractivity contribution < 1.29 is 0 Å². The molecule has 0 fully saturated rings. The number of nitrogens with zero attached hydrogens (tertiary/aromatic N) is 7. The molecule has 18 rings (SSSR count). The Bertz CT molecular complexity index is 5250. The van der Waals surface area contributed by atoms with Gasteiger partial charge in [0.25, 0.3) is 0 Å². The minimum atomic E-state index is 0.758. The largest absolute Gasteiger partial charge is 0.305 e. The fraction of sp³-hybridized carbons (Fsp3) is 0.0241. The van der Waals surface area contributed by atoms with Crippen LogP contribution in [-0.2, 0) is 0 Å². The quantitative estimate of drug-likeness (QED) is 0.145. The molecule has 7 heterocycles. The van der Waals surface area contributed by atoms with Crippen molar-refractivity contribution >= 4 is 87.2 Å². The second kappa shape index (κ2) is 20.3. The predicted molar refractivity (Wildman–Crippen MR) is 374 cm³/mol. The molecule has 0 saturated heterocycles. The van der Waals surface area contributed by atoms with Gasteiger partial charge in [0.2, 0.25) is 0 Å². The van der Waals surface area contributed by atoms with Crippen molar-refractivity contribution in [1.29, 1.82) is 0 Å². The van der Waals surface area contributed by atoms with Crippen molar-refractivity contribution in [3.05, 3.63) is 309 Å². The summed E-state index contributed by atoms with van der Waals surface area (Å²) in [5.41, 5.74) is 23.5. The van der Waals surface area contributed by atoms with E-state index >= 15 is 0 Å². The summed E-state index contributed by atoms with van der Waals surface area (Å²) < 4.78 is 9.98. The van der Waals surface area contributed by atoms with Gasteiger partial charge in [0.15, 0.2) is 11.6 Å². The van der Waals surface area contributed by atoms with Crippen LogP contribution in [0, 0.1) is 13.8 Å². The Morgan fingerprint density at radius 2 is 0.567 bits per heavy atom. The normalized spacial score (nSPS) is 11.9. The van der Waals surface area contributed by atoms with Crippen molar-refractivity contribution in [3.63, 3.8) is 0 Å². The minimum Gasteiger partial charge on any atom is -0.305 e. The second-order valence-electron chi connectivity index (χ2n) is 23.6. The third kappa shape index (κ3) is 7.69. The molecule has 0 bridgehead atoms. The molecule has 0 N–H and O–H groups in total. The highest BCUT2D eigenvalue weighted by Crippen LogP contribution is 2.52. The monoisotopic (exact) mass is 1150 g/mol. The molecule has 0 amide bonds. The van der Waals surface area contributed by atoms with E-state index in [2.05, 4.69) is 305 Å². The van der Waals surface area contributed by atoms with Gasteiger partial charge in [-0.25, -0.2) is 4.98 Å². The molecule has 7 heteroatoms. The van der Waals surface area contributed by atoms with Crippen molar-refractivity contribution in [2.75, 3.05) is 0 Å². The molecule has 0 unspecified atom stereocenters. The maximum Gasteiger partial charge on any atom is 0.165 e. The van der Waals surface area contributed by atoms with Crippen molar-refractivity contribution in [3.8, 4) is 78.6 Å². The third-order valence-electron chi connectivity index (χ3n) is 18.4. The van der Waals surface area contributed by atoms with Crippen LogP contribution in [0.25, 0.3) is 166 Å². The Kier molecular flexibility index (Phi) is 11.6. The summed E-state index contributed by atoms with van der Waals surface area (Å²) >= 11 is 0. The zero-order valence-electron chi connectivity index (χ0n) is 49.4. The van der Waals surface area contributed by atoms with Crippen molar-refractivity contribution in [2.45, 2.75) is 13.8 Å². The average Bonchev–Trinajstić information content (AvgIpc) is 1.54. The second-order valence-corrected chi connectivity index (χ2v) is 23.6. The molecule has 0 aliphatic heterocycles. The maximum absolute atomic E-state index is 6.69. The lowest BCUT2D eigenvalue weighted by molar-refractivity contribution is 0.960. The highest BCUT2D eigenvalue weighted by Gasteiger charge is 2.34. The summed E-state index contributed by atoms with van der Waals surface area (Å²) in [5.74, 6) is 1.52. The zero-order valence-corrected chi connectivity index (χ0v) is 49.4. The molecule has 7 nitrogen and oxygen atoms in total. The Hall–Kier alpha value is -11.9. The van der Waals surface area contributed by atoms with Gasteiger partial charge in [0.1, 0.15) is 11.4 Å². The molecule has 0 radical (unpaired) electrons. The van der Waals surface area contributed by atoms with Crippen LogP contribution in [0.3, 0.4) is 0 Å². The van der Waals surface area contributed by atoms with Crippen LogP contribution in [-0.4, -0.2) is 33.2 Å². The minimum absolute atomic E-state index is 0.758. The van der Waals surface area contributed by atoms with Gasteiger partial charge < -0.3 is 9.13 Å². The Morgan fingerprint density at radius 3 is 0.922 bits per heavy atom. The summed E-state index contributed by atoms with van der Waals surface area (Å²) in [6.07, 6.45) is 7.92. The first-order chi connectivity index (χ1) is 44.6. The van der Waals surface area contributed by atoms with E-state index in [0.29, 0.717) is 0 Å². The number of aryl methyl sites for hydroxylation is 2. The Morgan fingerprint density at radius 1 is 0.256 bits per heavy atom. The Labute approximate surface area is 518 Å². The molecule has 422 valence electrons. The number of hydrogen-bond donors (Lipinski definition) is 0. The maximum atomic E-state index is 6.69. The number of hydrogen-bond acceptors (Lipinski definition) is 3. The van der Waals surface area contributed by atoms with Crippen LogP contribution in [0.4, 0.5) is 0 Å². The van der Waals surface area contributed by atoms with Crippen LogP contribution in [0.15, 0.2) is 298 Å². The molecular weight excluding hydrogens is 1090 g/mol. The van der Waals surface area contributed by atoms with Gasteiger partial charge in [0, 0.05) is 73.4 Å². The van der Waals surface area contributed by atoms with Gasteiger partial charge >= 0.3 is 0 Å². The molecule has 11 aromatic carbocycles. The SMILES string of the molecule is Cc1cc(C)cc(-c2c(-n3c4ccccc4c4cnccc43)c(-n3c4cccc(-c5ccccc5)c4c4c(-c5ccccc5)cccc43)nc(-n3c4cccc(-c5ccccc5)c4c4c(-c5ccccc5)cccc43)c2-n2c3ccccc3c3cnccc32)c1. The molecule has 7 aromatic heterocycles. The molecular formula is C83H55N7. The number of pyridine rings is 3. The van der Waals surface area contributed by atoms with E-state index in [-0.39, 0.29) is 0 Å². The zero-order chi connectivity index (χ0) is 59.6. The summed E-state index contributed by atoms with van der Waals surface area (Å²) in [6, 6.07) is 99.8. The average molecular weight is 1150 g/mol. The van der Waals surface area contributed by atoms with E-state index < -0.39 is 0 Å². The summed E-state index contributed by atoms with van der Waals surface area (Å²) in [4.78, 5) is 16.4. The topological polar surface area (TPSA) is 58.4 Å². The number of aromatic nitrogens is 7. The van der Waals surface area contributed by atoms with Crippen LogP contribution < -0.4 is 0 Å². The third-order valence-corrected chi connectivity index (χ3v) is 18.4. The number of benzene rings is 11. The molecule has 0 aliphatic rings. The van der Waals surface area contributed by atoms with E-state index in [4.69, 9.17) is 15.0 Å². The van der Waals surface area contributed by atoms with Gasteiger partial charge in [-0.05, 0) is 112 Å². The first-order valence-electron chi connectivity index (χ1n) is 30.7. The molecule has 0 atom stereocenters. The van der Waals surface area contributed by atoms with Gasteiger partial charge in [-0.3, -0.25) is 19.1 Å². The van der Waals surface area contributed by atoms with Crippen LogP contribution >= 0.6 is 0 Å². The van der Waals surface area contributed by atoms with Gasteiger partial charge in [-0.2, -0.15) is 0 Å². The molecule has 0 aliphatic carbocycles. The lowest BCUT2D eigenvalue weighted by atomic mass is 9.95. The van der Waals surface area contributed by atoms with E-state index in [9.17, 15) is 0 Å². The number of para-hydroxylation sites is 2. The van der Waals surface area contributed by atoms with Gasteiger partial charge in [-0.1, -0.05) is 236 Å². The highest BCUT2D eigenvalue weighted by molar-refractivity contribution is 6.23. The summed E-state index contributed by atoms with van der Waals surface area (Å²) in [6.45, 7) is 4.45. The van der Waals surface area contributed by atoms with Crippen molar-refractivity contribution in [2.24, 2.45) is 0 Å². The predicted octanol–water partition coefficient (Wildman–Crippen LogP) is 21.2. The first kappa shape index (κ1) is 51.3. The van der Waals surface area contributed by atoms with E-state index in [1.807, 2.05) is 24.8 Å². The van der Waals surface area contributed by atoms with Crippen molar-refractivity contribution in [1.82, 2.24) is 33.2 Å². The molecule has 90 heavy (non-hydrogen) atoms. The first-order valence-corrected chi connectivity index (χ1v) is 30.7. The Balaban J connectivity index is 1.16. The fourth-order valence-corrected chi connectivity index (χ4v) is 14.9. The highest BCUT2D eigenvalue weighted by atomic mass is 15.2. The van der Waals surface area contributed by atoms with Gasteiger partial charge in [-0.15, -0.1) is 0 Å². The number of fused-ring (bicyclic) bond motifs is 12. The smallest absolute Gasteiger partial charge is 0.165 e. The molecule has 18 aromatic rings. The molecule has 0 saturated carbocycles.